The zero-order chi connectivity index (χ0) is 19.0. The average Bonchev–Trinajstić information content (AvgIpc) is 2.66. The van der Waals surface area contributed by atoms with Gasteiger partial charge in [0.05, 0.1) is 12.0 Å². The van der Waals surface area contributed by atoms with Crippen LogP contribution >= 0.6 is 0 Å². The van der Waals surface area contributed by atoms with Crippen molar-refractivity contribution in [2.45, 2.75) is 25.3 Å². The van der Waals surface area contributed by atoms with Gasteiger partial charge in [-0.1, -0.05) is 48.5 Å². The first-order valence-corrected chi connectivity index (χ1v) is 8.90. The molecule has 4 nitrogen and oxygen atoms in total. The maximum Gasteiger partial charge on any atom is 0.228 e. The highest BCUT2D eigenvalue weighted by Crippen LogP contribution is 2.33. The Morgan fingerprint density at radius 1 is 1.15 bits per heavy atom. The number of benzene rings is 3. The molecule has 2 N–H and O–H groups in total. The fourth-order valence-corrected chi connectivity index (χ4v) is 3.69. The largest absolute Gasteiger partial charge is 0.349 e. The molecule has 1 aliphatic heterocycles. The Bertz CT molecular complexity index is 1040. The van der Waals surface area contributed by atoms with E-state index in [9.17, 15) is 14.0 Å². The molecule has 5 heteroatoms. The lowest BCUT2D eigenvalue weighted by Crippen LogP contribution is -2.36. The molecule has 0 radical (unpaired) electrons. The first-order valence-electron chi connectivity index (χ1n) is 8.90. The van der Waals surface area contributed by atoms with Crippen molar-refractivity contribution in [3.63, 3.8) is 0 Å². The molecular formula is C22H19FN2O2. The standard InChI is InChI=1S/C22H19FN2O2/c1-13(16-8-4-6-14-5-2-3-7-17(14)16)24-22(27)19-12-21(26)25-20-11-15(23)9-10-18(19)20/h2-11,13,19H,12H2,1H3,(H,24,27)(H,25,26). The molecule has 0 saturated carbocycles. The second-order valence-corrected chi connectivity index (χ2v) is 6.84. The third kappa shape index (κ3) is 3.28. The molecule has 3 aromatic carbocycles. The Hall–Kier alpha value is -3.21. The zero-order valence-electron chi connectivity index (χ0n) is 14.8. The Morgan fingerprint density at radius 3 is 2.78 bits per heavy atom. The molecule has 1 aliphatic rings. The van der Waals surface area contributed by atoms with Crippen molar-refractivity contribution in [3.05, 3.63) is 77.6 Å². The quantitative estimate of drug-likeness (QED) is 0.731. The molecule has 0 aliphatic carbocycles. The SMILES string of the molecule is CC(NC(=O)C1CC(=O)Nc2cc(F)ccc21)c1cccc2ccccc12. The van der Waals surface area contributed by atoms with Gasteiger partial charge >= 0.3 is 0 Å². The van der Waals surface area contributed by atoms with Gasteiger partial charge in [-0.25, -0.2) is 4.39 Å². The van der Waals surface area contributed by atoms with E-state index in [1.165, 1.54) is 12.1 Å². The van der Waals surface area contributed by atoms with Crippen molar-refractivity contribution in [3.8, 4) is 0 Å². The van der Waals surface area contributed by atoms with Crippen LogP contribution in [0.4, 0.5) is 10.1 Å². The molecule has 1 heterocycles. The lowest BCUT2D eigenvalue weighted by Gasteiger charge is -2.26. The molecule has 2 atom stereocenters. The molecule has 4 rings (SSSR count). The summed E-state index contributed by atoms with van der Waals surface area (Å²) in [5.41, 5.74) is 2.02. The highest BCUT2D eigenvalue weighted by Gasteiger charge is 2.31. The van der Waals surface area contributed by atoms with Gasteiger partial charge in [-0.3, -0.25) is 9.59 Å². The van der Waals surface area contributed by atoms with Crippen LogP contribution in [0.15, 0.2) is 60.7 Å². The van der Waals surface area contributed by atoms with Crippen molar-refractivity contribution >= 4 is 28.3 Å². The number of carbonyl (C=O) groups is 2. The van der Waals surface area contributed by atoms with Crippen LogP contribution < -0.4 is 10.6 Å². The third-order valence-corrected chi connectivity index (χ3v) is 5.02. The Balaban J connectivity index is 1.62. The summed E-state index contributed by atoms with van der Waals surface area (Å²) in [5.74, 6) is -1.60. The van der Waals surface area contributed by atoms with Crippen molar-refractivity contribution < 1.29 is 14.0 Å². The van der Waals surface area contributed by atoms with Gasteiger partial charge in [0.25, 0.3) is 0 Å². The van der Waals surface area contributed by atoms with Gasteiger partial charge in [0.2, 0.25) is 11.8 Å². The van der Waals surface area contributed by atoms with Gasteiger partial charge in [-0.05, 0) is 41.0 Å². The van der Waals surface area contributed by atoms with Crippen LogP contribution in [0.5, 0.6) is 0 Å². The first kappa shape index (κ1) is 17.2. The molecule has 136 valence electrons. The van der Waals surface area contributed by atoms with Crippen LogP contribution in [0, 0.1) is 5.82 Å². The molecule has 0 bridgehead atoms. The van der Waals surface area contributed by atoms with Crippen molar-refractivity contribution in [1.82, 2.24) is 5.32 Å². The van der Waals surface area contributed by atoms with E-state index in [1.807, 2.05) is 49.4 Å². The van der Waals surface area contributed by atoms with Crippen LogP contribution in [0.25, 0.3) is 10.8 Å². The smallest absolute Gasteiger partial charge is 0.228 e. The third-order valence-electron chi connectivity index (χ3n) is 5.02. The summed E-state index contributed by atoms with van der Waals surface area (Å²) in [6, 6.07) is 17.9. The molecule has 0 spiro atoms. The van der Waals surface area contributed by atoms with E-state index in [2.05, 4.69) is 10.6 Å². The molecular weight excluding hydrogens is 343 g/mol. The van der Waals surface area contributed by atoms with E-state index in [4.69, 9.17) is 0 Å². The topological polar surface area (TPSA) is 58.2 Å². The van der Waals surface area contributed by atoms with E-state index < -0.39 is 11.7 Å². The van der Waals surface area contributed by atoms with E-state index >= 15 is 0 Å². The fraction of sp³-hybridized carbons (Fsp3) is 0.182. The summed E-state index contributed by atoms with van der Waals surface area (Å²) in [6.45, 7) is 1.92. The van der Waals surface area contributed by atoms with Crippen LogP contribution in [-0.4, -0.2) is 11.8 Å². The minimum atomic E-state index is -0.633. The van der Waals surface area contributed by atoms with Gasteiger partial charge in [-0.2, -0.15) is 0 Å². The maximum atomic E-state index is 13.5. The van der Waals surface area contributed by atoms with Gasteiger partial charge < -0.3 is 10.6 Å². The Morgan fingerprint density at radius 2 is 1.93 bits per heavy atom. The van der Waals surface area contributed by atoms with E-state index in [1.54, 1.807) is 6.07 Å². The number of hydrogen-bond acceptors (Lipinski definition) is 2. The van der Waals surface area contributed by atoms with E-state index in [0.29, 0.717) is 11.3 Å². The molecule has 0 aromatic heterocycles. The number of nitrogens with one attached hydrogen (secondary N) is 2. The average molecular weight is 362 g/mol. The molecule has 0 fully saturated rings. The normalized spacial score (nSPS) is 17.1. The lowest BCUT2D eigenvalue weighted by molar-refractivity contribution is -0.126. The van der Waals surface area contributed by atoms with Gasteiger partial charge in [0.15, 0.2) is 0 Å². The zero-order valence-corrected chi connectivity index (χ0v) is 14.8. The minimum absolute atomic E-state index is 0.0483. The second kappa shape index (κ2) is 6.83. The summed E-state index contributed by atoms with van der Waals surface area (Å²) in [5, 5.41) is 7.84. The number of anilines is 1. The molecule has 27 heavy (non-hydrogen) atoms. The molecule has 2 unspecified atom stereocenters. The lowest BCUT2D eigenvalue weighted by atomic mass is 9.89. The van der Waals surface area contributed by atoms with Gasteiger partial charge in [0, 0.05) is 12.1 Å². The van der Waals surface area contributed by atoms with Gasteiger partial charge in [0.1, 0.15) is 5.82 Å². The van der Waals surface area contributed by atoms with Gasteiger partial charge in [-0.15, -0.1) is 0 Å². The monoisotopic (exact) mass is 362 g/mol. The number of carbonyl (C=O) groups excluding carboxylic acids is 2. The highest BCUT2D eigenvalue weighted by molar-refractivity contribution is 6.01. The second-order valence-electron chi connectivity index (χ2n) is 6.84. The summed E-state index contributed by atoms with van der Waals surface area (Å²) in [7, 11) is 0. The molecule has 3 aromatic rings. The van der Waals surface area contributed by atoms with Crippen LogP contribution in [0.1, 0.15) is 36.4 Å². The Labute approximate surface area is 156 Å². The minimum Gasteiger partial charge on any atom is -0.349 e. The Kier molecular flexibility index (Phi) is 4.36. The molecule has 0 saturated heterocycles. The van der Waals surface area contributed by atoms with Crippen molar-refractivity contribution in [2.75, 3.05) is 5.32 Å². The number of amides is 2. The number of hydrogen-bond donors (Lipinski definition) is 2. The summed E-state index contributed by atoms with van der Waals surface area (Å²) in [6.07, 6.45) is 0.0483. The van der Waals surface area contributed by atoms with Crippen molar-refractivity contribution in [1.29, 1.82) is 0 Å². The predicted molar refractivity (Wildman–Crippen MR) is 103 cm³/mol. The van der Waals surface area contributed by atoms with Crippen LogP contribution in [0.3, 0.4) is 0 Å². The van der Waals surface area contributed by atoms with Crippen molar-refractivity contribution in [2.24, 2.45) is 0 Å². The predicted octanol–water partition coefficient (Wildman–Crippen LogP) is 4.28. The van der Waals surface area contributed by atoms with E-state index in [-0.39, 0.29) is 24.3 Å². The molecule has 2 amide bonds. The summed E-state index contributed by atoms with van der Waals surface area (Å²) >= 11 is 0. The first-order chi connectivity index (χ1) is 13.0. The summed E-state index contributed by atoms with van der Waals surface area (Å²) in [4.78, 5) is 24.9. The number of halogens is 1. The van der Waals surface area contributed by atoms with Crippen LogP contribution in [-0.2, 0) is 9.59 Å². The summed E-state index contributed by atoms with van der Waals surface area (Å²) < 4.78 is 13.5. The number of fused-ring (bicyclic) bond motifs is 2. The van der Waals surface area contributed by atoms with Crippen LogP contribution in [0.2, 0.25) is 0 Å². The highest BCUT2D eigenvalue weighted by atomic mass is 19.1. The number of rotatable bonds is 3. The maximum absolute atomic E-state index is 13.5. The van der Waals surface area contributed by atoms with E-state index in [0.717, 1.165) is 16.3 Å². The fourth-order valence-electron chi connectivity index (χ4n) is 3.69.